The summed E-state index contributed by atoms with van der Waals surface area (Å²) >= 11 is 0. The van der Waals surface area contributed by atoms with E-state index in [-0.39, 0.29) is 16.2 Å². The Kier molecular flexibility index (Phi) is 3.46. The van der Waals surface area contributed by atoms with Gasteiger partial charge in [0.2, 0.25) is 0 Å². The van der Waals surface area contributed by atoms with Crippen LogP contribution in [-0.2, 0) is 9.13 Å². The van der Waals surface area contributed by atoms with Crippen LogP contribution in [0.25, 0.3) is 0 Å². The SMILES string of the molecule is Cc1ccc(P(=O)(O)O)c(C)c1P(=O)(O)O. The molecule has 4 N–H and O–H groups in total. The molecule has 0 unspecified atom stereocenters. The average Bonchev–Trinajstić information content (AvgIpc) is 1.97. The van der Waals surface area contributed by atoms with Gasteiger partial charge in [-0.15, -0.1) is 0 Å². The van der Waals surface area contributed by atoms with Gasteiger partial charge in [0.05, 0.1) is 10.6 Å². The highest BCUT2D eigenvalue weighted by molar-refractivity contribution is 7.62. The van der Waals surface area contributed by atoms with Crippen LogP contribution < -0.4 is 10.6 Å². The molecule has 0 aliphatic carbocycles. The molecule has 0 atom stereocenters. The lowest BCUT2D eigenvalue weighted by Crippen LogP contribution is -2.22. The quantitative estimate of drug-likeness (QED) is 0.556. The minimum atomic E-state index is -4.53. The zero-order valence-electron chi connectivity index (χ0n) is 8.65. The van der Waals surface area contributed by atoms with Crippen LogP contribution in [0.1, 0.15) is 11.1 Å². The Morgan fingerprint density at radius 1 is 0.938 bits per heavy atom. The van der Waals surface area contributed by atoms with Crippen molar-refractivity contribution in [2.45, 2.75) is 13.8 Å². The molecule has 0 saturated carbocycles. The fraction of sp³-hybridized carbons (Fsp3) is 0.250. The molecule has 0 spiro atoms. The molecule has 0 radical (unpaired) electrons. The zero-order valence-corrected chi connectivity index (χ0v) is 10.4. The second-order valence-corrected chi connectivity index (χ2v) is 6.57. The van der Waals surface area contributed by atoms with Crippen molar-refractivity contribution in [2.24, 2.45) is 0 Å². The first-order chi connectivity index (χ1) is 7.05. The van der Waals surface area contributed by atoms with Gasteiger partial charge >= 0.3 is 15.2 Å². The van der Waals surface area contributed by atoms with Crippen LogP contribution in [-0.4, -0.2) is 19.6 Å². The molecule has 0 heterocycles. The summed E-state index contributed by atoms with van der Waals surface area (Å²) < 4.78 is 22.3. The molecular formula is C8H12O6P2. The fourth-order valence-corrected chi connectivity index (χ4v) is 3.59. The predicted molar refractivity (Wildman–Crippen MR) is 59.3 cm³/mol. The van der Waals surface area contributed by atoms with E-state index in [1.807, 2.05) is 0 Å². The van der Waals surface area contributed by atoms with Gasteiger partial charge in [-0.3, -0.25) is 9.13 Å². The molecule has 1 aromatic carbocycles. The van der Waals surface area contributed by atoms with Crippen LogP contribution in [0.2, 0.25) is 0 Å². The maximum absolute atomic E-state index is 11.2. The second kappa shape index (κ2) is 4.08. The van der Waals surface area contributed by atoms with Crippen LogP contribution in [0.4, 0.5) is 0 Å². The summed E-state index contributed by atoms with van der Waals surface area (Å²) in [7, 11) is -9.05. The van der Waals surface area contributed by atoms with E-state index < -0.39 is 15.2 Å². The van der Waals surface area contributed by atoms with Gasteiger partial charge < -0.3 is 19.6 Å². The number of hydrogen-bond donors (Lipinski definition) is 4. The second-order valence-electron chi connectivity index (χ2n) is 3.46. The molecule has 0 aromatic heterocycles. The summed E-state index contributed by atoms with van der Waals surface area (Å²) in [5.41, 5.74) is 0.254. The maximum atomic E-state index is 11.2. The molecule has 6 nitrogen and oxygen atoms in total. The van der Waals surface area contributed by atoms with E-state index in [1.165, 1.54) is 26.0 Å². The van der Waals surface area contributed by atoms with E-state index in [1.54, 1.807) is 0 Å². The number of hydrogen-bond acceptors (Lipinski definition) is 2. The maximum Gasteiger partial charge on any atom is 0.356 e. The van der Waals surface area contributed by atoms with Gasteiger partial charge in [0.15, 0.2) is 0 Å². The predicted octanol–water partition coefficient (Wildman–Crippen LogP) is -0.0906. The van der Waals surface area contributed by atoms with Crippen LogP contribution in [0, 0.1) is 13.8 Å². The zero-order chi connectivity index (χ0) is 12.7. The average molecular weight is 266 g/mol. The number of benzene rings is 1. The van der Waals surface area contributed by atoms with E-state index in [4.69, 9.17) is 19.6 Å². The van der Waals surface area contributed by atoms with Gasteiger partial charge in [0.25, 0.3) is 0 Å². The van der Waals surface area contributed by atoms with Gasteiger partial charge in [-0.2, -0.15) is 0 Å². The van der Waals surface area contributed by atoms with Crippen molar-refractivity contribution >= 4 is 25.8 Å². The first-order valence-electron chi connectivity index (χ1n) is 4.27. The summed E-state index contributed by atoms with van der Waals surface area (Å²) in [6.45, 7) is 2.76. The Bertz CT molecular complexity index is 512. The van der Waals surface area contributed by atoms with Gasteiger partial charge in [0, 0.05) is 0 Å². The van der Waals surface area contributed by atoms with Crippen molar-refractivity contribution in [1.82, 2.24) is 0 Å². The molecular weight excluding hydrogens is 254 g/mol. The number of aryl methyl sites for hydroxylation is 1. The lowest BCUT2D eigenvalue weighted by atomic mass is 10.1. The lowest BCUT2D eigenvalue weighted by molar-refractivity contribution is 0.386. The molecule has 16 heavy (non-hydrogen) atoms. The summed E-state index contributed by atoms with van der Waals surface area (Å²) in [6.07, 6.45) is 0. The van der Waals surface area contributed by atoms with E-state index in [2.05, 4.69) is 0 Å². The van der Waals surface area contributed by atoms with Crippen molar-refractivity contribution in [1.29, 1.82) is 0 Å². The Balaban J connectivity index is 3.65. The third kappa shape index (κ3) is 2.61. The third-order valence-corrected chi connectivity index (χ3v) is 4.59. The van der Waals surface area contributed by atoms with Gasteiger partial charge in [-0.25, -0.2) is 0 Å². The van der Waals surface area contributed by atoms with E-state index in [0.29, 0.717) is 5.56 Å². The highest BCUT2D eigenvalue weighted by Gasteiger charge is 2.29. The Hall–Kier alpha value is -0.480. The Morgan fingerprint density at radius 2 is 1.44 bits per heavy atom. The Morgan fingerprint density at radius 3 is 1.81 bits per heavy atom. The van der Waals surface area contributed by atoms with Crippen molar-refractivity contribution in [3.05, 3.63) is 23.3 Å². The van der Waals surface area contributed by atoms with E-state index in [9.17, 15) is 9.13 Å². The monoisotopic (exact) mass is 266 g/mol. The normalized spacial score (nSPS) is 12.9. The standard InChI is InChI=1S/C8H12O6P2/c1-5-3-4-7(15(9,10)11)6(2)8(5)16(12,13)14/h3-4H,1-2H3,(H2,9,10,11)(H2,12,13,14). The molecule has 8 heteroatoms. The van der Waals surface area contributed by atoms with Crippen LogP contribution in [0.3, 0.4) is 0 Å². The molecule has 0 saturated heterocycles. The van der Waals surface area contributed by atoms with Gasteiger partial charge in [-0.1, -0.05) is 6.07 Å². The highest BCUT2D eigenvalue weighted by atomic mass is 31.2. The summed E-state index contributed by atoms with van der Waals surface area (Å²) in [6, 6.07) is 2.47. The van der Waals surface area contributed by atoms with Crippen LogP contribution >= 0.6 is 15.2 Å². The smallest absolute Gasteiger partial charge is 0.321 e. The van der Waals surface area contributed by atoms with E-state index in [0.717, 1.165) is 0 Å². The summed E-state index contributed by atoms with van der Waals surface area (Å²) in [4.78, 5) is 36.2. The molecule has 1 rings (SSSR count). The molecule has 1 aromatic rings. The van der Waals surface area contributed by atoms with Crippen LogP contribution in [0.5, 0.6) is 0 Å². The highest BCUT2D eigenvalue weighted by Crippen LogP contribution is 2.40. The molecule has 0 aliphatic heterocycles. The number of rotatable bonds is 2. The summed E-state index contributed by atoms with van der Waals surface area (Å²) in [5, 5.41) is -0.662. The van der Waals surface area contributed by atoms with Gasteiger partial charge in [0.1, 0.15) is 0 Å². The van der Waals surface area contributed by atoms with Gasteiger partial charge in [-0.05, 0) is 31.0 Å². The molecule has 0 aliphatic rings. The molecule has 0 fully saturated rings. The largest absolute Gasteiger partial charge is 0.356 e. The lowest BCUT2D eigenvalue weighted by Gasteiger charge is -2.15. The minimum Gasteiger partial charge on any atom is -0.321 e. The molecule has 0 bridgehead atoms. The third-order valence-electron chi connectivity index (χ3n) is 2.21. The Labute approximate surface area is 92.3 Å². The molecule has 90 valence electrons. The first-order valence-corrected chi connectivity index (χ1v) is 7.50. The van der Waals surface area contributed by atoms with Crippen molar-refractivity contribution in [3.8, 4) is 0 Å². The fourth-order valence-electron chi connectivity index (χ4n) is 1.59. The van der Waals surface area contributed by atoms with Crippen molar-refractivity contribution < 1.29 is 28.7 Å². The van der Waals surface area contributed by atoms with Crippen molar-refractivity contribution in [3.63, 3.8) is 0 Å². The topological polar surface area (TPSA) is 115 Å². The summed E-state index contributed by atoms with van der Waals surface area (Å²) in [5.74, 6) is 0. The van der Waals surface area contributed by atoms with E-state index >= 15 is 0 Å². The van der Waals surface area contributed by atoms with Crippen LogP contribution in [0.15, 0.2) is 12.1 Å². The van der Waals surface area contributed by atoms with Crippen molar-refractivity contribution in [2.75, 3.05) is 0 Å². The molecule has 0 amide bonds. The minimum absolute atomic E-state index is 0.0540. The first kappa shape index (κ1) is 13.6.